The van der Waals surface area contributed by atoms with Crippen molar-refractivity contribution in [3.05, 3.63) is 45.8 Å². The molecule has 2 aromatic heterocycles. The zero-order chi connectivity index (χ0) is 25.7. The van der Waals surface area contributed by atoms with Crippen LogP contribution in [-0.4, -0.2) is 40.0 Å². The van der Waals surface area contributed by atoms with Crippen molar-refractivity contribution < 1.29 is 9.53 Å². The van der Waals surface area contributed by atoms with Gasteiger partial charge in [-0.05, 0) is 49.4 Å². The number of ketones is 1. The van der Waals surface area contributed by atoms with Crippen molar-refractivity contribution in [3.8, 4) is 5.75 Å². The molecule has 192 valence electrons. The Hall–Kier alpha value is -3.13. The molecule has 3 aromatic rings. The van der Waals surface area contributed by atoms with Gasteiger partial charge in [-0.15, -0.1) is 0 Å². The highest BCUT2D eigenvalue weighted by atomic mass is 35.5. The fourth-order valence-corrected chi connectivity index (χ4v) is 4.70. The normalized spacial score (nSPS) is 15.8. The number of benzene rings is 1. The second kappa shape index (κ2) is 11.7. The van der Waals surface area contributed by atoms with Gasteiger partial charge >= 0.3 is 0 Å². The van der Waals surface area contributed by atoms with E-state index in [0.29, 0.717) is 35.7 Å². The fraction of sp³-hybridized carbons (Fsp3) is 0.481. The predicted octanol–water partition coefficient (Wildman–Crippen LogP) is 5.58. The van der Waals surface area contributed by atoms with E-state index in [-0.39, 0.29) is 23.7 Å². The lowest BCUT2D eigenvalue weighted by atomic mass is 9.96. The number of pyridine rings is 1. The Morgan fingerprint density at radius 2 is 2.08 bits per heavy atom. The van der Waals surface area contributed by atoms with E-state index in [9.17, 15) is 9.59 Å². The summed E-state index contributed by atoms with van der Waals surface area (Å²) in [7, 11) is 0. The van der Waals surface area contributed by atoms with Crippen LogP contribution in [0.2, 0.25) is 5.02 Å². The number of carbonyl (C=O) groups excluding carboxylic acids is 1. The number of hydrogen-bond acceptors (Lipinski definition) is 7. The van der Waals surface area contributed by atoms with E-state index >= 15 is 0 Å². The zero-order valence-electron chi connectivity index (χ0n) is 21.2. The van der Waals surface area contributed by atoms with Gasteiger partial charge < -0.3 is 19.5 Å². The molecule has 0 aliphatic carbocycles. The molecule has 0 spiro atoms. The van der Waals surface area contributed by atoms with Crippen molar-refractivity contribution in [3.63, 3.8) is 0 Å². The van der Waals surface area contributed by atoms with Gasteiger partial charge in [0.05, 0.1) is 11.7 Å². The molecule has 1 atom stereocenters. The molecule has 1 fully saturated rings. The molecule has 8 nitrogen and oxygen atoms in total. The van der Waals surface area contributed by atoms with Crippen LogP contribution in [0.25, 0.3) is 10.9 Å². The van der Waals surface area contributed by atoms with Crippen molar-refractivity contribution >= 4 is 45.7 Å². The number of nitrogens with zero attached hydrogens (tertiary/aromatic N) is 4. The zero-order valence-corrected chi connectivity index (χ0v) is 22.0. The van der Waals surface area contributed by atoms with Gasteiger partial charge in [0, 0.05) is 37.1 Å². The van der Waals surface area contributed by atoms with Crippen LogP contribution in [0.5, 0.6) is 5.75 Å². The lowest BCUT2D eigenvalue weighted by Crippen LogP contribution is -2.36. The van der Waals surface area contributed by atoms with Gasteiger partial charge in [0.2, 0.25) is 5.95 Å². The second-order valence-electron chi connectivity index (χ2n) is 9.27. The first-order chi connectivity index (χ1) is 17.4. The summed E-state index contributed by atoms with van der Waals surface area (Å²) >= 11 is 6.45. The van der Waals surface area contributed by atoms with Crippen molar-refractivity contribution in [2.75, 3.05) is 29.9 Å². The number of anilines is 3. The number of aromatic nitrogens is 3. The number of nitrogens with one attached hydrogen (secondary N) is 1. The van der Waals surface area contributed by atoms with Crippen LogP contribution in [-0.2, 0) is 11.3 Å². The second-order valence-corrected chi connectivity index (χ2v) is 9.68. The Labute approximate surface area is 216 Å². The molecule has 1 N–H and O–H groups in total. The maximum atomic E-state index is 13.0. The Kier molecular flexibility index (Phi) is 8.46. The van der Waals surface area contributed by atoms with Crippen LogP contribution in [0.1, 0.15) is 52.9 Å². The Morgan fingerprint density at radius 3 is 2.83 bits per heavy atom. The summed E-state index contributed by atoms with van der Waals surface area (Å²) in [6, 6.07) is 7.44. The summed E-state index contributed by atoms with van der Waals surface area (Å²) in [4.78, 5) is 36.2. The monoisotopic (exact) mass is 511 g/mol. The number of Topliss-reactive ketones (excluding diaryl/α,β-unsaturated/α-hetero) is 1. The Balaban J connectivity index is 1.65. The first-order valence-electron chi connectivity index (χ1n) is 12.8. The van der Waals surface area contributed by atoms with Gasteiger partial charge in [0.25, 0.3) is 5.56 Å². The number of carbonyl (C=O) groups is 1. The number of hydrogen-bond donors (Lipinski definition) is 1. The van der Waals surface area contributed by atoms with Gasteiger partial charge in [0.15, 0.2) is 17.4 Å². The summed E-state index contributed by atoms with van der Waals surface area (Å²) in [5, 5.41) is 4.57. The standard InChI is InChI=1S/C27H34ClN5O3/c1-4-11-33-23-10-9-20(13-19(23)14-24(26(33)35)36-17-21(34)6-3)30-25-22(28)15-29-27(31-25)32-12-7-8-18(5-2)16-32/h9-10,13-15,18H,4-8,11-12,16-17H2,1-3H3,(H,29,30,31). The molecule has 1 aliphatic heterocycles. The average molecular weight is 512 g/mol. The molecule has 1 aliphatic rings. The highest BCUT2D eigenvalue weighted by Gasteiger charge is 2.21. The summed E-state index contributed by atoms with van der Waals surface area (Å²) in [5.74, 6) is 1.98. The van der Waals surface area contributed by atoms with E-state index in [4.69, 9.17) is 21.3 Å². The van der Waals surface area contributed by atoms with Gasteiger partial charge in [0.1, 0.15) is 11.6 Å². The molecule has 0 saturated carbocycles. The highest BCUT2D eigenvalue weighted by Crippen LogP contribution is 2.29. The maximum Gasteiger partial charge on any atom is 0.293 e. The van der Waals surface area contributed by atoms with Crippen molar-refractivity contribution in [2.45, 2.75) is 59.4 Å². The number of aryl methyl sites for hydroxylation is 1. The third-order valence-corrected chi connectivity index (χ3v) is 6.94. The number of rotatable bonds is 10. The highest BCUT2D eigenvalue weighted by molar-refractivity contribution is 6.32. The molecule has 0 amide bonds. The van der Waals surface area contributed by atoms with Crippen molar-refractivity contribution in [1.82, 2.24) is 14.5 Å². The van der Waals surface area contributed by atoms with E-state index in [1.807, 2.05) is 25.1 Å². The van der Waals surface area contributed by atoms with E-state index < -0.39 is 0 Å². The lowest BCUT2D eigenvalue weighted by Gasteiger charge is -2.32. The van der Waals surface area contributed by atoms with Crippen LogP contribution in [0, 0.1) is 5.92 Å². The number of ether oxygens (including phenoxy) is 1. The minimum absolute atomic E-state index is 0.0554. The summed E-state index contributed by atoms with van der Waals surface area (Å²) < 4.78 is 7.31. The van der Waals surface area contributed by atoms with Gasteiger partial charge in [-0.25, -0.2) is 4.98 Å². The first-order valence-corrected chi connectivity index (χ1v) is 13.2. The smallest absolute Gasteiger partial charge is 0.293 e. The molecule has 3 heterocycles. The van der Waals surface area contributed by atoms with E-state index in [1.54, 1.807) is 23.8 Å². The van der Waals surface area contributed by atoms with Gasteiger partial charge in [-0.1, -0.05) is 38.8 Å². The molecule has 0 radical (unpaired) electrons. The van der Waals surface area contributed by atoms with Crippen LogP contribution in [0.4, 0.5) is 17.5 Å². The summed E-state index contributed by atoms with van der Waals surface area (Å²) in [6.45, 7) is 8.34. The molecule has 4 rings (SSSR count). The van der Waals surface area contributed by atoms with Crippen LogP contribution in [0.3, 0.4) is 0 Å². The van der Waals surface area contributed by atoms with Crippen molar-refractivity contribution in [2.24, 2.45) is 5.92 Å². The van der Waals surface area contributed by atoms with E-state index in [0.717, 1.165) is 48.9 Å². The van der Waals surface area contributed by atoms with Crippen LogP contribution in [0.15, 0.2) is 35.3 Å². The Morgan fingerprint density at radius 1 is 1.25 bits per heavy atom. The van der Waals surface area contributed by atoms with Gasteiger partial charge in [-0.3, -0.25) is 9.59 Å². The van der Waals surface area contributed by atoms with Gasteiger partial charge in [-0.2, -0.15) is 4.98 Å². The largest absolute Gasteiger partial charge is 0.480 e. The molecule has 1 saturated heterocycles. The van der Waals surface area contributed by atoms with E-state index in [2.05, 4.69) is 22.1 Å². The average Bonchev–Trinajstić information content (AvgIpc) is 2.90. The predicted molar refractivity (Wildman–Crippen MR) is 145 cm³/mol. The summed E-state index contributed by atoms with van der Waals surface area (Å²) in [6.07, 6.45) is 6.31. The van der Waals surface area contributed by atoms with Crippen LogP contribution >= 0.6 is 11.6 Å². The molecule has 9 heteroatoms. The quantitative estimate of drug-likeness (QED) is 0.380. The minimum Gasteiger partial charge on any atom is -0.480 e. The molecule has 1 aromatic carbocycles. The molecular formula is C27H34ClN5O3. The topological polar surface area (TPSA) is 89.3 Å². The molecule has 36 heavy (non-hydrogen) atoms. The minimum atomic E-state index is -0.232. The third-order valence-electron chi connectivity index (χ3n) is 6.66. The van der Waals surface area contributed by atoms with Crippen molar-refractivity contribution in [1.29, 1.82) is 0 Å². The van der Waals surface area contributed by atoms with E-state index in [1.165, 1.54) is 6.42 Å². The number of piperidine rings is 1. The summed E-state index contributed by atoms with van der Waals surface area (Å²) in [5.41, 5.74) is 1.34. The first kappa shape index (κ1) is 25.9. The SMILES string of the molecule is CCCn1c(=O)c(OCC(=O)CC)cc2cc(Nc3nc(N4CCCC(CC)C4)ncc3Cl)ccc21. The lowest BCUT2D eigenvalue weighted by molar-refractivity contribution is -0.120. The number of fused-ring (bicyclic) bond motifs is 1. The third kappa shape index (κ3) is 5.81. The van der Waals surface area contributed by atoms with Crippen LogP contribution < -0.4 is 20.5 Å². The fourth-order valence-electron chi connectivity index (χ4n) is 4.56. The molecule has 0 bridgehead atoms. The number of halogens is 1. The Bertz CT molecular complexity index is 1290. The molecule has 1 unspecified atom stereocenters. The maximum absolute atomic E-state index is 13.0. The molecular weight excluding hydrogens is 478 g/mol.